The zero-order valence-electron chi connectivity index (χ0n) is 11.1. The van der Waals surface area contributed by atoms with E-state index in [2.05, 4.69) is 10.3 Å². The van der Waals surface area contributed by atoms with Gasteiger partial charge in [0.25, 0.3) is 5.91 Å². The molecule has 6 heteroatoms. The van der Waals surface area contributed by atoms with Crippen molar-refractivity contribution in [1.29, 1.82) is 0 Å². The zero-order chi connectivity index (χ0) is 14.7. The molecule has 106 valence electrons. The van der Waals surface area contributed by atoms with Gasteiger partial charge in [-0.1, -0.05) is 18.5 Å². The van der Waals surface area contributed by atoms with Crippen molar-refractivity contribution in [1.82, 2.24) is 10.3 Å². The van der Waals surface area contributed by atoms with E-state index in [-0.39, 0.29) is 11.6 Å². The maximum atomic E-state index is 13.6. The van der Waals surface area contributed by atoms with E-state index in [4.69, 9.17) is 11.6 Å². The van der Waals surface area contributed by atoms with E-state index >= 15 is 0 Å². The summed E-state index contributed by atoms with van der Waals surface area (Å²) in [6.45, 7) is 3.86. The molecule has 1 aromatic heterocycles. The number of aromatic nitrogens is 1. The number of halogens is 2. The van der Waals surface area contributed by atoms with Crippen LogP contribution in [0.3, 0.4) is 0 Å². The molecule has 0 fully saturated rings. The number of hydrogen-bond donors (Lipinski definition) is 1. The first-order valence-electron chi connectivity index (χ1n) is 6.21. The van der Waals surface area contributed by atoms with Crippen molar-refractivity contribution in [3.63, 3.8) is 0 Å². The molecule has 0 spiro atoms. The summed E-state index contributed by atoms with van der Waals surface area (Å²) < 4.78 is 13.6. The van der Waals surface area contributed by atoms with E-state index in [0.29, 0.717) is 5.02 Å². The van der Waals surface area contributed by atoms with Crippen molar-refractivity contribution < 1.29 is 9.18 Å². The van der Waals surface area contributed by atoms with E-state index in [1.54, 1.807) is 6.20 Å². The molecular formula is C14H14ClFN2OS. The first-order valence-corrected chi connectivity index (χ1v) is 7.41. The van der Waals surface area contributed by atoms with Gasteiger partial charge < -0.3 is 5.32 Å². The van der Waals surface area contributed by atoms with Crippen LogP contribution in [0.15, 0.2) is 24.4 Å². The lowest BCUT2D eigenvalue weighted by Crippen LogP contribution is -2.27. The largest absolute Gasteiger partial charge is 0.343 e. The van der Waals surface area contributed by atoms with Gasteiger partial charge in [-0.2, -0.15) is 0 Å². The van der Waals surface area contributed by atoms with Crippen molar-refractivity contribution >= 4 is 28.8 Å². The van der Waals surface area contributed by atoms with Crippen LogP contribution in [-0.4, -0.2) is 10.9 Å². The Balaban J connectivity index is 2.12. The molecule has 1 amide bonds. The fourth-order valence-corrected chi connectivity index (χ4v) is 2.73. The lowest BCUT2D eigenvalue weighted by molar-refractivity contribution is 0.0936. The van der Waals surface area contributed by atoms with Gasteiger partial charge in [-0.3, -0.25) is 4.79 Å². The van der Waals surface area contributed by atoms with Crippen LogP contribution in [0, 0.1) is 5.82 Å². The molecule has 0 aliphatic carbocycles. The molecule has 1 unspecified atom stereocenters. The van der Waals surface area contributed by atoms with Crippen molar-refractivity contribution in [3.8, 4) is 0 Å². The van der Waals surface area contributed by atoms with Crippen LogP contribution in [0.4, 0.5) is 4.39 Å². The predicted molar refractivity (Wildman–Crippen MR) is 78.8 cm³/mol. The van der Waals surface area contributed by atoms with Crippen LogP contribution in [0.25, 0.3) is 0 Å². The second-order valence-corrected chi connectivity index (χ2v) is 5.92. The van der Waals surface area contributed by atoms with Gasteiger partial charge in [0.05, 0.1) is 11.6 Å². The van der Waals surface area contributed by atoms with E-state index in [1.165, 1.54) is 29.5 Å². The quantitative estimate of drug-likeness (QED) is 0.927. The molecule has 2 rings (SSSR count). The first kappa shape index (κ1) is 14.9. The highest BCUT2D eigenvalue weighted by atomic mass is 35.5. The van der Waals surface area contributed by atoms with Crippen molar-refractivity contribution in [3.05, 3.63) is 50.7 Å². The summed E-state index contributed by atoms with van der Waals surface area (Å²) in [5, 5.41) is 3.86. The highest BCUT2D eigenvalue weighted by Gasteiger charge is 2.17. The Bertz CT molecular complexity index is 629. The monoisotopic (exact) mass is 312 g/mol. The molecule has 0 radical (unpaired) electrons. The van der Waals surface area contributed by atoms with Crippen LogP contribution in [0.2, 0.25) is 5.02 Å². The number of carbonyl (C=O) groups is 1. The van der Waals surface area contributed by atoms with Gasteiger partial charge in [0.2, 0.25) is 0 Å². The summed E-state index contributed by atoms with van der Waals surface area (Å²) >= 11 is 7.32. The summed E-state index contributed by atoms with van der Waals surface area (Å²) in [5.74, 6) is -1.08. The van der Waals surface area contributed by atoms with Gasteiger partial charge in [-0.25, -0.2) is 9.37 Å². The van der Waals surface area contributed by atoms with E-state index < -0.39 is 11.7 Å². The number of thiazole rings is 1. The standard InChI is InChI=1S/C14H14ClFN2OS/c1-3-10-7-17-14(20-10)8(2)18-13(19)11-6-9(15)4-5-12(11)16/h4-8H,3H2,1-2H3,(H,18,19). The van der Waals surface area contributed by atoms with Crippen LogP contribution in [0.1, 0.15) is 40.1 Å². The van der Waals surface area contributed by atoms with Crippen LogP contribution >= 0.6 is 22.9 Å². The Morgan fingerprint density at radius 3 is 2.95 bits per heavy atom. The molecule has 1 atom stereocenters. The van der Waals surface area contributed by atoms with Gasteiger partial charge >= 0.3 is 0 Å². The topological polar surface area (TPSA) is 42.0 Å². The second kappa shape index (κ2) is 6.33. The molecule has 1 heterocycles. The fraction of sp³-hybridized carbons (Fsp3) is 0.286. The highest BCUT2D eigenvalue weighted by molar-refractivity contribution is 7.11. The average molecular weight is 313 g/mol. The Kier molecular flexibility index (Phi) is 4.73. The summed E-state index contributed by atoms with van der Waals surface area (Å²) in [4.78, 5) is 17.5. The van der Waals surface area contributed by atoms with Crippen molar-refractivity contribution in [2.45, 2.75) is 26.3 Å². The van der Waals surface area contributed by atoms with Crippen LogP contribution in [-0.2, 0) is 6.42 Å². The molecular weight excluding hydrogens is 299 g/mol. The van der Waals surface area contributed by atoms with Crippen molar-refractivity contribution in [2.24, 2.45) is 0 Å². The molecule has 0 aliphatic rings. The number of amides is 1. The second-order valence-electron chi connectivity index (χ2n) is 4.34. The molecule has 0 bridgehead atoms. The number of aryl methyl sites for hydroxylation is 1. The molecule has 3 nitrogen and oxygen atoms in total. The number of benzene rings is 1. The predicted octanol–water partition coefficient (Wildman–Crippen LogP) is 3.99. The third-order valence-electron chi connectivity index (χ3n) is 2.81. The number of nitrogens with one attached hydrogen (secondary N) is 1. The van der Waals surface area contributed by atoms with E-state index in [0.717, 1.165) is 16.3 Å². The maximum Gasteiger partial charge on any atom is 0.254 e. The summed E-state index contributed by atoms with van der Waals surface area (Å²) in [7, 11) is 0. The summed E-state index contributed by atoms with van der Waals surface area (Å²) in [5.41, 5.74) is -0.0587. The highest BCUT2D eigenvalue weighted by Crippen LogP contribution is 2.21. The Morgan fingerprint density at radius 2 is 2.30 bits per heavy atom. The minimum absolute atomic E-state index is 0.0587. The third kappa shape index (κ3) is 3.35. The Morgan fingerprint density at radius 1 is 1.55 bits per heavy atom. The Labute approximate surface area is 125 Å². The lowest BCUT2D eigenvalue weighted by Gasteiger charge is -2.11. The van der Waals surface area contributed by atoms with Crippen LogP contribution < -0.4 is 5.32 Å². The van der Waals surface area contributed by atoms with Gasteiger partial charge in [0, 0.05) is 16.1 Å². The summed E-state index contributed by atoms with van der Waals surface area (Å²) in [6.07, 6.45) is 2.70. The lowest BCUT2D eigenvalue weighted by atomic mass is 10.2. The molecule has 1 aromatic carbocycles. The normalized spacial score (nSPS) is 12.2. The average Bonchev–Trinajstić information content (AvgIpc) is 2.90. The smallest absolute Gasteiger partial charge is 0.254 e. The molecule has 2 aromatic rings. The molecule has 0 aliphatic heterocycles. The number of rotatable bonds is 4. The first-order chi connectivity index (χ1) is 9.51. The van der Waals surface area contributed by atoms with Gasteiger partial charge in [-0.05, 0) is 31.5 Å². The van der Waals surface area contributed by atoms with Gasteiger partial charge in [0.15, 0.2) is 0 Å². The van der Waals surface area contributed by atoms with E-state index in [9.17, 15) is 9.18 Å². The fourth-order valence-electron chi connectivity index (χ4n) is 1.69. The molecule has 1 N–H and O–H groups in total. The van der Waals surface area contributed by atoms with E-state index in [1.807, 2.05) is 13.8 Å². The minimum atomic E-state index is -0.590. The SMILES string of the molecule is CCc1cnc(C(C)NC(=O)c2cc(Cl)ccc2F)s1. The number of carbonyl (C=O) groups excluding carboxylic acids is 1. The molecule has 20 heavy (non-hydrogen) atoms. The van der Waals surface area contributed by atoms with Gasteiger partial charge in [0.1, 0.15) is 10.8 Å². The molecule has 0 saturated carbocycles. The maximum absolute atomic E-state index is 13.6. The number of nitrogens with zero attached hydrogens (tertiary/aromatic N) is 1. The summed E-state index contributed by atoms with van der Waals surface area (Å²) in [6, 6.07) is 3.63. The Hall–Kier alpha value is -1.46. The van der Waals surface area contributed by atoms with Crippen LogP contribution in [0.5, 0.6) is 0 Å². The third-order valence-corrected chi connectivity index (χ3v) is 4.37. The number of hydrogen-bond acceptors (Lipinski definition) is 3. The minimum Gasteiger partial charge on any atom is -0.343 e. The van der Waals surface area contributed by atoms with Crippen molar-refractivity contribution in [2.75, 3.05) is 0 Å². The van der Waals surface area contributed by atoms with Gasteiger partial charge in [-0.15, -0.1) is 11.3 Å². The zero-order valence-corrected chi connectivity index (χ0v) is 12.7. The molecule has 0 saturated heterocycles.